The van der Waals surface area contributed by atoms with Crippen molar-refractivity contribution in [2.45, 2.75) is 25.9 Å². The summed E-state index contributed by atoms with van der Waals surface area (Å²) >= 11 is 1.66. The summed E-state index contributed by atoms with van der Waals surface area (Å²) in [5.41, 5.74) is 0. The Morgan fingerprint density at radius 3 is 2.75 bits per heavy atom. The van der Waals surface area contributed by atoms with Crippen molar-refractivity contribution in [2.75, 3.05) is 0 Å². The fraction of sp³-hybridized carbons (Fsp3) is 0.444. The van der Waals surface area contributed by atoms with Crippen molar-refractivity contribution in [1.82, 2.24) is 0 Å². The Morgan fingerprint density at radius 1 is 1.58 bits per heavy atom. The Balaban J connectivity index is 2.57. The van der Waals surface area contributed by atoms with Gasteiger partial charge in [-0.25, -0.2) is 0 Å². The molecule has 0 bridgehead atoms. The van der Waals surface area contributed by atoms with Crippen molar-refractivity contribution in [3.63, 3.8) is 0 Å². The summed E-state index contributed by atoms with van der Waals surface area (Å²) in [5, 5.41) is 9.03. The fourth-order valence-electron chi connectivity index (χ4n) is 0.976. The van der Waals surface area contributed by atoms with Gasteiger partial charge in [-0.15, -0.1) is 11.3 Å². The van der Waals surface area contributed by atoms with Crippen LogP contribution >= 0.6 is 11.3 Å². The maximum atomic E-state index is 10.1. The number of thiophene rings is 1. The molecule has 0 saturated heterocycles. The van der Waals surface area contributed by atoms with Gasteiger partial charge in [0.25, 0.3) is 0 Å². The van der Waals surface area contributed by atoms with Crippen LogP contribution < -0.4 is 0 Å². The Morgan fingerprint density at radius 2 is 2.25 bits per heavy atom. The Labute approximate surface area is 75.9 Å². The lowest BCUT2D eigenvalue weighted by Crippen LogP contribution is -2.10. The van der Waals surface area contributed by atoms with Gasteiger partial charge in [-0.2, -0.15) is 0 Å². The van der Waals surface area contributed by atoms with Crippen LogP contribution in [0.15, 0.2) is 12.1 Å². The highest BCUT2D eigenvalue weighted by atomic mass is 32.1. The zero-order valence-electron chi connectivity index (χ0n) is 6.99. The molecule has 0 aliphatic carbocycles. The van der Waals surface area contributed by atoms with E-state index in [-0.39, 0.29) is 0 Å². The summed E-state index contributed by atoms with van der Waals surface area (Å²) in [4.78, 5) is 12.5. The van der Waals surface area contributed by atoms with Crippen LogP contribution in [0.2, 0.25) is 0 Å². The maximum Gasteiger partial charge on any atom is 0.148 e. The number of aryl methyl sites for hydroxylation is 1. The van der Waals surface area contributed by atoms with Gasteiger partial charge in [0.15, 0.2) is 0 Å². The number of aldehydes is 1. The molecule has 1 rings (SSSR count). The monoisotopic (exact) mass is 184 g/mol. The molecular weight excluding hydrogens is 172 g/mol. The van der Waals surface area contributed by atoms with Gasteiger partial charge in [-0.05, 0) is 18.6 Å². The summed E-state index contributed by atoms with van der Waals surface area (Å²) in [6, 6.07) is 4.01. The first-order valence-corrected chi connectivity index (χ1v) is 4.79. The van der Waals surface area contributed by atoms with Gasteiger partial charge in [-0.1, -0.05) is 6.92 Å². The van der Waals surface area contributed by atoms with E-state index in [4.69, 9.17) is 5.11 Å². The van der Waals surface area contributed by atoms with Crippen molar-refractivity contribution in [3.05, 3.63) is 21.9 Å². The summed E-state index contributed by atoms with van der Waals surface area (Å²) in [6.07, 6.45) is 1.20. The van der Waals surface area contributed by atoms with Crippen molar-refractivity contribution >= 4 is 17.6 Å². The third-order valence-electron chi connectivity index (χ3n) is 1.63. The van der Waals surface area contributed by atoms with Crippen LogP contribution in [0.4, 0.5) is 0 Å². The lowest BCUT2D eigenvalue weighted by atomic mass is 10.2. The molecule has 0 radical (unpaired) electrons. The molecule has 0 saturated carbocycles. The average Bonchev–Trinajstić information content (AvgIpc) is 2.52. The predicted molar refractivity (Wildman–Crippen MR) is 49.5 cm³/mol. The van der Waals surface area contributed by atoms with E-state index in [0.717, 1.165) is 11.3 Å². The van der Waals surface area contributed by atoms with Crippen LogP contribution in [0.1, 0.15) is 16.7 Å². The van der Waals surface area contributed by atoms with Crippen molar-refractivity contribution in [2.24, 2.45) is 0 Å². The van der Waals surface area contributed by atoms with E-state index in [1.807, 2.05) is 12.1 Å². The molecule has 0 aromatic carbocycles. The van der Waals surface area contributed by atoms with Gasteiger partial charge >= 0.3 is 0 Å². The quantitative estimate of drug-likeness (QED) is 0.718. The molecule has 0 fully saturated rings. The smallest absolute Gasteiger partial charge is 0.148 e. The van der Waals surface area contributed by atoms with E-state index >= 15 is 0 Å². The van der Waals surface area contributed by atoms with E-state index in [1.165, 1.54) is 4.88 Å². The molecule has 0 amide bonds. The van der Waals surface area contributed by atoms with E-state index in [9.17, 15) is 4.79 Å². The number of hydrogen-bond donors (Lipinski definition) is 1. The van der Waals surface area contributed by atoms with Crippen LogP contribution in [-0.2, 0) is 17.6 Å². The molecule has 0 aliphatic rings. The number of aliphatic hydroxyl groups is 1. The summed E-state index contributed by atoms with van der Waals surface area (Å²) in [7, 11) is 0. The molecule has 66 valence electrons. The largest absolute Gasteiger partial charge is 0.385 e. The fourth-order valence-corrected chi connectivity index (χ4v) is 1.98. The predicted octanol–water partition coefficient (Wildman–Crippen LogP) is 1.41. The lowest BCUT2D eigenvalue weighted by molar-refractivity contribution is -0.114. The van der Waals surface area contributed by atoms with Gasteiger partial charge in [-0.3, -0.25) is 0 Å². The molecule has 1 heterocycles. The summed E-state index contributed by atoms with van der Waals surface area (Å²) in [5.74, 6) is 0. The van der Waals surface area contributed by atoms with Crippen molar-refractivity contribution in [1.29, 1.82) is 0 Å². The van der Waals surface area contributed by atoms with E-state index in [2.05, 4.69) is 6.92 Å². The molecule has 1 aromatic heterocycles. The highest BCUT2D eigenvalue weighted by Crippen LogP contribution is 2.17. The van der Waals surface area contributed by atoms with E-state index < -0.39 is 6.10 Å². The highest BCUT2D eigenvalue weighted by Gasteiger charge is 2.05. The molecule has 1 N–H and O–H groups in total. The van der Waals surface area contributed by atoms with Gasteiger partial charge in [0, 0.05) is 16.2 Å². The van der Waals surface area contributed by atoms with Crippen LogP contribution in [-0.4, -0.2) is 17.5 Å². The normalized spacial score (nSPS) is 12.8. The highest BCUT2D eigenvalue weighted by molar-refractivity contribution is 7.12. The first-order valence-electron chi connectivity index (χ1n) is 3.97. The summed E-state index contributed by atoms with van der Waals surface area (Å²) in [6.45, 7) is 2.09. The minimum absolute atomic E-state index is 0.453. The van der Waals surface area contributed by atoms with Crippen LogP contribution in [0.25, 0.3) is 0 Å². The molecule has 1 atom stereocenters. The number of carbonyl (C=O) groups is 1. The number of aliphatic hydroxyl groups excluding tert-OH is 1. The Hall–Kier alpha value is -0.670. The number of hydrogen-bond acceptors (Lipinski definition) is 3. The molecule has 1 unspecified atom stereocenters. The molecule has 0 aliphatic heterocycles. The number of rotatable bonds is 4. The Bertz CT molecular complexity index is 255. The SMILES string of the molecule is CCc1ccc(CC(O)C=O)s1. The first kappa shape index (κ1) is 9.42. The molecule has 1 aromatic rings. The minimum atomic E-state index is -0.839. The zero-order valence-corrected chi connectivity index (χ0v) is 7.80. The second-order valence-electron chi connectivity index (χ2n) is 2.63. The van der Waals surface area contributed by atoms with Gasteiger partial charge in [0.05, 0.1) is 0 Å². The van der Waals surface area contributed by atoms with Crippen LogP contribution in [0.3, 0.4) is 0 Å². The van der Waals surface area contributed by atoms with Crippen molar-refractivity contribution in [3.8, 4) is 0 Å². The third kappa shape index (κ3) is 2.43. The second kappa shape index (κ2) is 4.38. The lowest BCUT2D eigenvalue weighted by Gasteiger charge is -1.97. The van der Waals surface area contributed by atoms with E-state index in [1.54, 1.807) is 11.3 Å². The first-order chi connectivity index (χ1) is 5.76. The van der Waals surface area contributed by atoms with Crippen LogP contribution in [0, 0.1) is 0 Å². The van der Waals surface area contributed by atoms with E-state index in [0.29, 0.717) is 12.7 Å². The van der Waals surface area contributed by atoms with Crippen LogP contribution in [0.5, 0.6) is 0 Å². The molecule has 3 heteroatoms. The average molecular weight is 184 g/mol. The molecule has 0 spiro atoms. The second-order valence-corrected chi connectivity index (χ2v) is 3.88. The zero-order chi connectivity index (χ0) is 8.97. The molecule has 2 nitrogen and oxygen atoms in total. The minimum Gasteiger partial charge on any atom is -0.385 e. The molecular formula is C9H12O2S. The standard InChI is InChI=1S/C9H12O2S/c1-2-8-3-4-9(12-8)5-7(11)6-10/h3-4,6-7,11H,2,5H2,1H3. The maximum absolute atomic E-state index is 10.1. The third-order valence-corrected chi connectivity index (χ3v) is 2.89. The number of carbonyl (C=O) groups excluding carboxylic acids is 1. The van der Waals surface area contributed by atoms with Gasteiger partial charge < -0.3 is 9.90 Å². The van der Waals surface area contributed by atoms with Gasteiger partial charge in [0.2, 0.25) is 0 Å². The molecule has 12 heavy (non-hydrogen) atoms. The Kier molecular flexibility index (Phi) is 3.44. The summed E-state index contributed by atoms with van der Waals surface area (Å²) < 4.78 is 0. The van der Waals surface area contributed by atoms with Gasteiger partial charge in [0.1, 0.15) is 12.4 Å². The van der Waals surface area contributed by atoms with Crippen molar-refractivity contribution < 1.29 is 9.90 Å². The topological polar surface area (TPSA) is 37.3 Å².